The minimum atomic E-state index is -1.17. The summed E-state index contributed by atoms with van der Waals surface area (Å²) in [7, 11) is 0. The van der Waals surface area contributed by atoms with Crippen LogP contribution in [0.3, 0.4) is 0 Å². The van der Waals surface area contributed by atoms with Crippen molar-refractivity contribution in [2.75, 3.05) is 0 Å². The fraction of sp³-hybridized carbons (Fsp3) is 0.182. The average molecular weight is 203 g/mol. The molecule has 0 atom stereocenters. The number of benzene rings is 1. The van der Waals surface area contributed by atoms with Gasteiger partial charge in [0.2, 0.25) is 0 Å². The summed E-state index contributed by atoms with van der Waals surface area (Å²) in [6.07, 6.45) is 1.01. The number of nitriles is 1. The molecule has 1 aromatic carbocycles. The van der Waals surface area contributed by atoms with Crippen LogP contribution in [0.15, 0.2) is 12.1 Å². The van der Waals surface area contributed by atoms with Crippen LogP contribution in [0.4, 0.5) is 0 Å². The van der Waals surface area contributed by atoms with Gasteiger partial charge in [-0.3, -0.25) is 4.79 Å². The van der Waals surface area contributed by atoms with E-state index in [2.05, 4.69) is 0 Å². The summed E-state index contributed by atoms with van der Waals surface area (Å²) in [4.78, 5) is 21.6. The van der Waals surface area contributed by atoms with Crippen LogP contribution in [-0.4, -0.2) is 17.4 Å². The van der Waals surface area contributed by atoms with E-state index in [0.29, 0.717) is 23.8 Å². The van der Waals surface area contributed by atoms with E-state index in [0.717, 1.165) is 0 Å². The molecule has 1 rings (SSSR count). The fourth-order valence-corrected chi connectivity index (χ4v) is 1.49. The van der Waals surface area contributed by atoms with Crippen molar-refractivity contribution in [3.8, 4) is 6.07 Å². The molecule has 0 aromatic heterocycles. The van der Waals surface area contributed by atoms with Crippen molar-refractivity contribution in [1.29, 1.82) is 5.26 Å². The number of rotatable bonds is 3. The Morgan fingerprint density at radius 3 is 2.67 bits per heavy atom. The van der Waals surface area contributed by atoms with E-state index in [1.807, 2.05) is 0 Å². The first-order valence-corrected chi connectivity index (χ1v) is 4.40. The normalized spacial score (nSPS) is 9.33. The molecule has 15 heavy (non-hydrogen) atoms. The lowest BCUT2D eigenvalue weighted by atomic mass is 9.95. The van der Waals surface area contributed by atoms with Crippen molar-refractivity contribution in [3.63, 3.8) is 0 Å². The summed E-state index contributed by atoms with van der Waals surface area (Å²) in [5.74, 6) is -1.17. The number of carbonyl (C=O) groups excluding carboxylic acids is 1. The molecular weight excluding hydrogens is 194 g/mol. The lowest BCUT2D eigenvalue weighted by Crippen LogP contribution is -2.08. The first-order valence-electron chi connectivity index (χ1n) is 4.40. The number of hydrogen-bond acceptors (Lipinski definition) is 3. The Balaban J connectivity index is 3.60. The van der Waals surface area contributed by atoms with Gasteiger partial charge in [-0.1, -0.05) is 13.0 Å². The molecule has 76 valence electrons. The van der Waals surface area contributed by atoms with Crippen molar-refractivity contribution < 1.29 is 14.7 Å². The van der Waals surface area contributed by atoms with Gasteiger partial charge < -0.3 is 5.11 Å². The molecule has 0 aliphatic carbocycles. The molecular formula is C11H9NO3. The summed E-state index contributed by atoms with van der Waals surface area (Å²) in [6, 6.07) is 4.63. The van der Waals surface area contributed by atoms with Crippen molar-refractivity contribution in [2.45, 2.75) is 13.3 Å². The van der Waals surface area contributed by atoms with Crippen LogP contribution in [0.1, 0.15) is 38.8 Å². The molecule has 0 aliphatic rings. The number of aldehydes is 1. The maximum absolute atomic E-state index is 11.0. The van der Waals surface area contributed by atoms with E-state index in [1.165, 1.54) is 12.1 Å². The second kappa shape index (κ2) is 4.38. The van der Waals surface area contributed by atoms with Gasteiger partial charge in [0.1, 0.15) is 12.4 Å². The van der Waals surface area contributed by atoms with Crippen LogP contribution >= 0.6 is 0 Å². The largest absolute Gasteiger partial charge is 0.478 e. The molecule has 0 saturated carbocycles. The number of carboxylic acids is 1. The maximum atomic E-state index is 11.0. The molecule has 1 aromatic rings. The quantitative estimate of drug-likeness (QED) is 0.757. The highest BCUT2D eigenvalue weighted by Gasteiger charge is 2.17. The SMILES string of the molecule is CCc1c(C=O)ccc(C#N)c1C(=O)O. The average Bonchev–Trinajstić information content (AvgIpc) is 2.26. The van der Waals surface area contributed by atoms with Crippen molar-refractivity contribution in [1.82, 2.24) is 0 Å². The molecule has 0 fully saturated rings. The molecule has 0 aliphatic heterocycles. The number of carboxylic acid groups (broad SMARTS) is 1. The van der Waals surface area contributed by atoms with Crippen LogP contribution in [0.5, 0.6) is 0 Å². The Kier molecular flexibility index (Phi) is 3.19. The summed E-state index contributed by atoms with van der Waals surface area (Å²) in [6.45, 7) is 1.75. The third-order valence-electron chi connectivity index (χ3n) is 2.16. The van der Waals surface area contributed by atoms with Gasteiger partial charge in [-0.05, 0) is 18.1 Å². The Morgan fingerprint density at radius 1 is 1.60 bits per heavy atom. The van der Waals surface area contributed by atoms with Gasteiger partial charge in [0.15, 0.2) is 0 Å². The van der Waals surface area contributed by atoms with E-state index >= 15 is 0 Å². The van der Waals surface area contributed by atoms with Crippen LogP contribution < -0.4 is 0 Å². The van der Waals surface area contributed by atoms with Crippen LogP contribution in [-0.2, 0) is 6.42 Å². The van der Waals surface area contributed by atoms with E-state index in [1.54, 1.807) is 13.0 Å². The summed E-state index contributed by atoms with van der Waals surface area (Å²) in [5, 5.41) is 17.7. The third kappa shape index (κ3) is 1.86. The number of nitrogens with zero attached hydrogens (tertiary/aromatic N) is 1. The van der Waals surface area contributed by atoms with Gasteiger partial charge in [0.05, 0.1) is 11.1 Å². The molecule has 0 heterocycles. The van der Waals surface area contributed by atoms with Gasteiger partial charge in [0, 0.05) is 5.56 Å². The Morgan fingerprint density at radius 2 is 2.27 bits per heavy atom. The summed E-state index contributed by atoms with van der Waals surface area (Å²) in [5.41, 5.74) is 0.764. The topological polar surface area (TPSA) is 78.2 Å². The van der Waals surface area contributed by atoms with Crippen LogP contribution in [0, 0.1) is 11.3 Å². The van der Waals surface area contributed by atoms with Gasteiger partial charge in [0.25, 0.3) is 0 Å². The molecule has 0 bridgehead atoms. The molecule has 4 nitrogen and oxygen atoms in total. The second-order valence-corrected chi connectivity index (χ2v) is 2.94. The minimum Gasteiger partial charge on any atom is -0.478 e. The molecule has 1 N–H and O–H groups in total. The van der Waals surface area contributed by atoms with Crippen LogP contribution in [0.2, 0.25) is 0 Å². The Hall–Kier alpha value is -2.15. The lowest BCUT2D eigenvalue weighted by Gasteiger charge is -2.07. The number of carbonyl (C=O) groups is 2. The highest BCUT2D eigenvalue weighted by Crippen LogP contribution is 2.18. The van der Waals surface area contributed by atoms with Crippen molar-refractivity contribution in [2.24, 2.45) is 0 Å². The van der Waals surface area contributed by atoms with Crippen LogP contribution in [0.25, 0.3) is 0 Å². The molecule has 4 heteroatoms. The molecule has 0 saturated heterocycles. The first kappa shape index (κ1) is 10.9. The molecule has 0 unspecified atom stereocenters. The lowest BCUT2D eigenvalue weighted by molar-refractivity contribution is 0.0695. The Labute approximate surface area is 86.8 Å². The van der Waals surface area contributed by atoms with Gasteiger partial charge in [-0.15, -0.1) is 0 Å². The van der Waals surface area contributed by atoms with E-state index in [-0.39, 0.29) is 11.1 Å². The Bertz CT molecular complexity index is 458. The van der Waals surface area contributed by atoms with Gasteiger partial charge in [-0.25, -0.2) is 4.79 Å². The number of aromatic carboxylic acids is 1. The van der Waals surface area contributed by atoms with Crippen molar-refractivity contribution in [3.05, 3.63) is 34.4 Å². The fourth-order valence-electron chi connectivity index (χ4n) is 1.49. The highest BCUT2D eigenvalue weighted by molar-refractivity contribution is 5.95. The van der Waals surface area contributed by atoms with E-state index < -0.39 is 5.97 Å². The zero-order chi connectivity index (χ0) is 11.4. The molecule has 0 amide bonds. The van der Waals surface area contributed by atoms with E-state index in [4.69, 9.17) is 10.4 Å². The predicted octanol–water partition coefficient (Wildman–Crippen LogP) is 1.63. The summed E-state index contributed by atoms with van der Waals surface area (Å²) >= 11 is 0. The zero-order valence-corrected chi connectivity index (χ0v) is 8.15. The zero-order valence-electron chi connectivity index (χ0n) is 8.15. The molecule has 0 radical (unpaired) electrons. The van der Waals surface area contributed by atoms with E-state index in [9.17, 15) is 9.59 Å². The minimum absolute atomic E-state index is 0.0652. The first-order chi connectivity index (χ1) is 7.15. The van der Waals surface area contributed by atoms with Gasteiger partial charge in [-0.2, -0.15) is 5.26 Å². The summed E-state index contributed by atoms with van der Waals surface area (Å²) < 4.78 is 0. The molecule has 0 spiro atoms. The van der Waals surface area contributed by atoms with Gasteiger partial charge >= 0.3 is 5.97 Å². The highest BCUT2D eigenvalue weighted by atomic mass is 16.4. The number of hydrogen-bond donors (Lipinski definition) is 1. The predicted molar refractivity (Wildman–Crippen MR) is 52.9 cm³/mol. The van der Waals surface area contributed by atoms with Crippen molar-refractivity contribution >= 4 is 12.3 Å². The standard InChI is InChI=1S/C11H9NO3/c1-2-9-8(6-13)4-3-7(5-12)10(9)11(14)15/h3-4,6H,2H2,1H3,(H,14,15). The monoisotopic (exact) mass is 203 g/mol. The smallest absolute Gasteiger partial charge is 0.337 e. The maximum Gasteiger partial charge on any atom is 0.337 e. The second-order valence-electron chi connectivity index (χ2n) is 2.94. The third-order valence-corrected chi connectivity index (χ3v) is 2.16.